The van der Waals surface area contributed by atoms with Crippen LogP contribution in [0.25, 0.3) is 38.8 Å². The number of benzene rings is 7. The lowest BCUT2D eigenvalue weighted by molar-refractivity contribution is 0.404. The first-order chi connectivity index (χ1) is 29.2. The van der Waals surface area contributed by atoms with Gasteiger partial charge in [0.25, 0.3) is 0 Å². The van der Waals surface area contributed by atoms with E-state index in [1.807, 2.05) is 66.9 Å². The number of halogens is 1. The number of nitrogens with zero attached hydrogens (tertiary/aromatic N) is 4. The Labute approximate surface area is 343 Å². The molecule has 4 heterocycles. The highest BCUT2D eigenvalue weighted by atomic mass is 28.3. The monoisotopic (exact) mass is 776 g/mol. The molecule has 1 aliphatic rings. The van der Waals surface area contributed by atoms with Gasteiger partial charge < -0.3 is 4.57 Å². The van der Waals surface area contributed by atoms with Crippen molar-refractivity contribution in [2.24, 2.45) is 0 Å². The van der Waals surface area contributed by atoms with Crippen molar-refractivity contribution in [2.75, 3.05) is 4.90 Å². The van der Waals surface area contributed by atoms with Crippen LogP contribution in [0.5, 0.6) is 0 Å². The summed E-state index contributed by atoms with van der Waals surface area (Å²) in [6, 6.07) is 71.6. The van der Waals surface area contributed by atoms with Crippen molar-refractivity contribution >= 4 is 67.8 Å². The Kier molecular flexibility index (Phi) is 8.38. The summed E-state index contributed by atoms with van der Waals surface area (Å²) in [7, 11) is -3.22. The molecule has 4 nitrogen and oxygen atoms in total. The molecule has 0 N–H and O–H groups in total. The topological polar surface area (TPSA) is 34.0 Å². The highest BCUT2D eigenvalue weighted by Gasteiger charge is 2.51. The highest BCUT2D eigenvalue weighted by molar-refractivity contribution is 7.22. The van der Waals surface area contributed by atoms with Gasteiger partial charge in [-0.1, -0.05) is 146 Å². The van der Waals surface area contributed by atoms with Gasteiger partial charge in [-0.15, -0.1) is 0 Å². The average molecular weight is 777 g/mol. The number of alkyl halides is 1. The maximum absolute atomic E-state index is 18.5. The van der Waals surface area contributed by atoms with Gasteiger partial charge in [0.05, 0.1) is 16.7 Å². The molecule has 0 spiro atoms. The maximum atomic E-state index is 18.5. The van der Waals surface area contributed by atoms with E-state index in [-0.39, 0.29) is 0 Å². The number of aromatic nitrogens is 3. The zero-order valence-corrected chi connectivity index (χ0v) is 33.0. The van der Waals surface area contributed by atoms with E-state index in [0.29, 0.717) is 11.1 Å². The van der Waals surface area contributed by atoms with E-state index in [2.05, 4.69) is 160 Å². The van der Waals surface area contributed by atoms with Crippen molar-refractivity contribution in [3.8, 4) is 16.9 Å². The second kappa shape index (κ2) is 14.2. The minimum Gasteiger partial charge on any atom is -0.309 e. The molecule has 0 fully saturated rings. The van der Waals surface area contributed by atoms with Crippen molar-refractivity contribution < 1.29 is 4.39 Å². The van der Waals surface area contributed by atoms with Crippen molar-refractivity contribution in [3.63, 3.8) is 0 Å². The fourth-order valence-corrected chi connectivity index (χ4v) is 14.8. The highest BCUT2D eigenvalue weighted by Crippen LogP contribution is 2.46. The fraction of sp³-hybridized carbons (Fsp3) is 0.0189. The molecule has 0 saturated heterocycles. The third-order valence-corrected chi connectivity index (χ3v) is 16.7. The molecule has 0 aliphatic carbocycles. The summed E-state index contributed by atoms with van der Waals surface area (Å²) < 4.78 is 20.8. The van der Waals surface area contributed by atoms with E-state index >= 15 is 4.39 Å². The van der Waals surface area contributed by atoms with Crippen LogP contribution in [0.3, 0.4) is 0 Å². The third kappa shape index (κ3) is 5.41. The lowest BCUT2D eigenvalue weighted by atomic mass is 9.96. The number of hydrogen-bond donors (Lipinski definition) is 0. The van der Waals surface area contributed by atoms with Crippen molar-refractivity contribution in [2.45, 2.75) is 6.17 Å². The lowest BCUT2D eigenvalue weighted by Crippen LogP contribution is -2.77. The maximum Gasteiger partial charge on any atom is 0.184 e. The molecule has 3 aromatic heterocycles. The molecule has 59 heavy (non-hydrogen) atoms. The molecule has 7 aromatic carbocycles. The largest absolute Gasteiger partial charge is 0.309 e. The Morgan fingerprint density at radius 2 is 1.17 bits per heavy atom. The zero-order valence-electron chi connectivity index (χ0n) is 32.0. The molecule has 11 rings (SSSR count). The first kappa shape index (κ1) is 34.8. The Morgan fingerprint density at radius 3 is 1.88 bits per heavy atom. The van der Waals surface area contributed by atoms with Crippen LogP contribution in [-0.4, -0.2) is 22.6 Å². The molecule has 10 aromatic rings. The quantitative estimate of drug-likeness (QED) is 0.151. The third-order valence-electron chi connectivity index (χ3n) is 11.8. The first-order valence-corrected chi connectivity index (χ1v) is 22.0. The van der Waals surface area contributed by atoms with E-state index in [1.54, 1.807) is 6.20 Å². The Hall–Kier alpha value is -7.41. The van der Waals surface area contributed by atoms with E-state index in [1.165, 1.54) is 20.7 Å². The molecule has 1 unspecified atom stereocenters. The normalized spacial score (nSPS) is 13.5. The number of hydrogen-bond acceptors (Lipinski definition) is 3. The average Bonchev–Trinajstić information content (AvgIpc) is 3.67. The van der Waals surface area contributed by atoms with E-state index in [4.69, 9.17) is 4.98 Å². The molecule has 0 amide bonds. The Bertz CT molecular complexity index is 3080. The van der Waals surface area contributed by atoms with Crippen molar-refractivity contribution in [1.29, 1.82) is 0 Å². The summed E-state index contributed by atoms with van der Waals surface area (Å²) in [5.74, 6) is 0.773. The smallest absolute Gasteiger partial charge is 0.184 e. The lowest BCUT2D eigenvalue weighted by Gasteiger charge is -2.45. The number of fused-ring (bicyclic) bond motifs is 6. The van der Waals surface area contributed by atoms with Crippen molar-refractivity contribution in [3.05, 3.63) is 230 Å². The second-order valence-corrected chi connectivity index (χ2v) is 18.7. The SMILES string of the molecule is FC(c1cccc(-c2ccccn2)c1)c1cc2c(c3c4ccccc4n(-c4ccccc4)c13)[Si](c1ccccc1)(c1ccccc1)c1ccccc1N2c1ccccn1. The minimum absolute atomic E-state index is 0.564. The van der Waals surface area contributed by atoms with Gasteiger partial charge in [0, 0.05) is 51.4 Å². The number of para-hydroxylation sites is 3. The molecule has 0 saturated carbocycles. The summed E-state index contributed by atoms with van der Waals surface area (Å²) in [5.41, 5.74) is 7.64. The first-order valence-electron chi connectivity index (χ1n) is 20.0. The predicted octanol–water partition coefficient (Wildman–Crippen LogP) is 10.5. The van der Waals surface area contributed by atoms with Crippen LogP contribution in [-0.2, 0) is 0 Å². The van der Waals surface area contributed by atoms with Gasteiger partial charge in [0.1, 0.15) is 5.82 Å². The van der Waals surface area contributed by atoms with Gasteiger partial charge in [-0.3, -0.25) is 9.88 Å². The Balaban J connectivity index is 1.36. The molecule has 0 radical (unpaired) electrons. The van der Waals surface area contributed by atoms with Gasteiger partial charge in [0.2, 0.25) is 0 Å². The number of rotatable bonds is 7. The number of pyridine rings is 2. The molecular formula is C53H37FN4Si. The summed E-state index contributed by atoms with van der Waals surface area (Å²) >= 11 is 0. The standard InChI is InChI=1S/C53H37FN4Si/c54-51(38-20-18-19-37(35-38)44-28-14-16-33-55-44)43-36-47-53(50-42-27-10-11-29-45(42)57(52(43)50)39-21-4-1-5-22-39)59(40-23-6-2-7-24-40,41-25-8-3-9-26-41)48-31-13-12-30-46(48)58(47)49-32-15-17-34-56-49/h1-36,51H. The molecular weight excluding hydrogens is 740 g/mol. The van der Waals surface area contributed by atoms with Gasteiger partial charge in [-0.25, -0.2) is 9.37 Å². The molecule has 1 atom stereocenters. The zero-order chi connectivity index (χ0) is 39.3. The van der Waals surface area contributed by atoms with Crippen LogP contribution >= 0.6 is 0 Å². The number of anilines is 3. The summed E-state index contributed by atoms with van der Waals surface area (Å²) in [6.07, 6.45) is 2.12. The summed E-state index contributed by atoms with van der Waals surface area (Å²) in [5, 5.41) is 7.09. The predicted molar refractivity (Wildman–Crippen MR) is 243 cm³/mol. The summed E-state index contributed by atoms with van der Waals surface area (Å²) in [4.78, 5) is 11.9. The minimum atomic E-state index is -3.22. The second-order valence-electron chi connectivity index (χ2n) is 15.0. The van der Waals surface area contributed by atoms with Crippen molar-refractivity contribution in [1.82, 2.24) is 14.5 Å². The van der Waals surface area contributed by atoms with Crippen LogP contribution in [0.1, 0.15) is 17.3 Å². The van der Waals surface area contributed by atoms with Crippen LogP contribution in [0, 0.1) is 0 Å². The van der Waals surface area contributed by atoms with Crippen LogP contribution in [0.2, 0.25) is 0 Å². The van der Waals surface area contributed by atoms with Gasteiger partial charge >= 0.3 is 0 Å². The van der Waals surface area contributed by atoms with Gasteiger partial charge in [-0.2, -0.15) is 0 Å². The van der Waals surface area contributed by atoms with E-state index in [9.17, 15) is 0 Å². The molecule has 1 aliphatic heterocycles. The van der Waals surface area contributed by atoms with Crippen LogP contribution < -0.4 is 25.6 Å². The van der Waals surface area contributed by atoms with Crippen LogP contribution in [0.15, 0.2) is 219 Å². The van der Waals surface area contributed by atoms with E-state index in [0.717, 1.165) is 55.9 Å². The molecule has 0 bridgehead atoms. The summed E-state index contributed by atoms with van der Waals surface area (Å²) in [6.45, 7) is 0. The Morgan fingerprint density at radius 1 is 0.525 bits per heavy atom. The van der Waals surface area contributed by atoms with Gasteiger partial charge in [-0.05, 0) is 87.0 Å². The molecule has 6 heteroatoms. The van der Waals surface area contributed by atoms with Crippen LogP contribution in [0.4, 0.5) is 21.6 Å². The fourth-order valence-electron chi connectivity index (χ4n) is 9.47. The molecule has 280 valence electrons. The van der Waals surface area contributed by atoms with Gasteiger partial charge in [0.15, 0.2) is 14.2 Å². The van der Waals surface area contributed by atoms with E-state index < -0.39 is 14.2 Å².